The Balaban J connectivity index is 1.68. The Morgan fingerprint density at radius 3 is 2.50 bits per heavy atom. The van der Waals surface area contributed by atoms with Crippen LogP contribution in [0.1, 0.15) is 23.6 Å². The number of hydrogen-bond donors (Lipinski definition) is 1. The molecule has 140 valence electrons. The van der Waals surface area contributed by atoms with Gasteiger partial charge in [-0.1, -0.05) is 12.1 Å². The Bertz CT molecular complexity index is 893. The van der Waals surface area contributed by atoms with E-state index in [0.717, 1.165) is 47.6 Å². The van der Waals surface area contributed by atoms with Crippen LogP contribution in [0.15, 0.2) is 47.4 Å². The highest BCUT2D eigenvalue weighted by atomic mass is 32.2. The van der Waals surface area contributed by atoms with Crippen molar-refractivity contribution in [2.45, 2.75) is 36.9 Å². The van der Waals surface area contributed by atoms with Gasteiger partial charge in [-0.15, -0.1) is 0 Å². The molecule has 0 saturated carbocycles. The summed E-state index contributed by atoms with van der Waals surface area (Å²) in [4.78, 5) is -0.195. The lowest BCUT2D eigenvalue weighted by molar-refractivity contribution is -0.137. The molecule has 0 amide bonds. The third-order valence-corrected chi connectivity index (χ3v) is 5.75. The molecule has 0 spiro atoms. The summed E-state index contributed by atoms with van der Waals surface area (Å²) in [5, 5.41) is 0. The molecule has 2 aromatic rings. The predicted octanol–water partition coefficient (Wildman–Crippen LogP) is 3.55. The summed E-state index contributed by atoms with van der Waals surface area (Å²) in [6, 6.07) is 8.78. The third-order valence-electron chi connectivity index (χ3n) is 4.14. The van der Waals surface area contributed by atoms with Crippen LogP contribution in [0.5, 0.6) is 5.75 Å². The molecule has 0 radical (unpaired) electrons. The number of rotatable bonds is 5. The van der Waals surface area contributed by atoms with Crippen molar-refractivity contribution in [3.05, 3.63) is 59.2 Å². The first-order chi connectivity index (χ1) is 12.1. The van der Waals surface area contributed by atoms with Crippen molar-refractivity contribution >= 4 is 10.0 Å². The Labute approximate surface area is 150 Å². The quantitative estimate of drug-likeness (QED) is 0.857. The molecule has 0 saturated heterocycles. The second-order valence-corrected chi connectivity index (χ2v) is 8.00. The van der Waals surface area contributed by atoms with E-state index < -0.39 is 27.8 Å². The van der Waals surface area contributed by atoms with Crippen LogP contribution < -0.4 is 9.46 Å². The van der Waals surface area contributed by atoms with Crippen molar-refractivity contribution in [1.29, 1.82) is 0 Å². The van der Waals surface area contributed by atoms with Crippen LogP contribution in [-0.4, -0.2) is 21.1 Å². The zero-order chi connectivity index (χ0) is 18.9. The van der Waals surface area contributed by atoms with E-state index in [-0.39, 0.29) is 4.90 Å². The molecule has 2 aromatic carbocycles. The topological polar surface area (TPSA) is 55.4 Å². The minimum absolute atomic E-state index is 0.195. The molecule has 26 heavy (non-hydrogen) atoms. The van der Waals surface area contributed by atoms with Gasteiger partial charge in [0.15, 0.2) is 0 Å². The number of hydrogen-bond acceptors (Lipinski definition) is 3. The van der Waals surface area contributed by atoms with Gasteiger partial charge < -0.3 is 4.74 Å². The lowest BCUT2D eigenvalue weighted by Gasteiger charge is -2.15. The van der Waals surface area contributed by atoms with E-state index in [1.807, 2.05) is 18.2 Å². The lowest BCUT2D eigenvalue weighted by atomic mass is 10.0. The lowest BCUT2D eigenvalue weighted by Crippen LogP contribution is -2.34. The van der Waals surface area contributed by atoms with Crippen LogP contribution in [0.4, 0.5) is 13.2 Å². The van der Waals surface area contributed by atoms with Crippen LogP contribution in [0.3, 0.4) is 0 Å². The Morgan fingerprint density at radius 1 is 1.15 bits per heavy atom. The number of ether oxygens (including phenoxy) is 1. The highest BCUT2D eigenvalue weighted by molar-refractivity contribution is 7.89. The standard InChI is InChI=1S/C18H18F3NO3S/c1-12(10-13-2-7-17-14(11-13)8-9-25-17)22-26(23,24)16-5-3-15(4-6-16)18(19,20)21/h2-7,11-12,22H,8-10H2,1H3. The molecular formula is C18H18F3NO3S. The van der Waals surface area contributed by atoms with Gasteiger partial charge >= 0.3 is 6.18 Å². The van der Waals surface area contributed by atoms with Gasteiger partial charge in [-0.05, 0) is 54.8 Å². The van der Waals surface area contributed by atoms with Gasteiger partial charge in [-0.25, -0.2) is 13.1 Å². The summed E-state index contributed by atoms with van der Waals surface area (Å²) in [5.41, 5.74) is 1.18. The molecule has 1 aliphatic heterocycles. The zero-order valence-corrected chi connectivity index (χ0v) is 14.8. The highest BCUT2D eigenvalue weighted by Crippen LogP contribution is 2.30. The molecule has 0 bridgehead atoms. The summed E-state index contributed by atoms with van der Waals surface area (Å²) < 4.78 is 70.5. The number of nitrogens with one attached hydrogen (secondary N) is 1. The van der Waals surface area contributed by atoms with Crippen LogP contribution >= 0.6 is 0 Å². The smallest absolute Gasteiger partial charge is 0.416 e. The van der Waals surface area contributed by atoms with Crippen molar-refractivity contribution in [1.82, 2.24) is 4.72 Å². The van der Waals surface area contributed by atoms with E-state index in [9.17, 15) is 21.6 Å². The third kappa shape index (κ3) is 4.19. The van der Waals surface area contributed by atoms with Gasteiger partial charge in [0, 0.05) is 12.5 Å². The summed E-state index contributed by atoms with van der Waals surface area (Å²) in [7, 11) is -3.90. The largest absolute Gasteiger partial charge is 0.493 e. The molecule has 8 heteroatoms. The maximum Gasteiger partial charge on any atom is 0.416 e. The second-order valence-electron chi connectivity index (χ2n) is 6.29. The fraction of sp³-hybridized carbons (Fsp3) is 0.333. The Morgan fingerprint density at radius 2 is 1.85 bits per heavy atom. The Kier molecular flexibility index (Phi) is 4.98. The molecule has 1 N–H and O–H groups in total. The predicted molar refractivity (Wildman–Crippen MR) is 90.6 cm³/mol. The van der Waals surface area contributed by atoms with E-state index in [0.29, 0.717) is 13.0 Å². The number of sulfonamides is 1. The van der Waals surface area contributed by atoms with Crippen LogP contribution in [0, 0.1) is 0 Å². The van der Waals surface area contributed by atoms with Gasteiger partial charge in [-0.2, -0.15) is 13.2 Å². The van der Waals surface area contributed by atoms with Gasteiger partial charge in [0.1, 0.15) is 5.75 Å². The average Bonchev–Trinajstić information content (AvgIpc) is 3.01. The first-order valence-electron chi connectivity index (χ1n) is 8.09. The number of benzene rings is 2. The molecule has 4 nitrogen and oxygen atoms in total. The molecule has 3 rings (SSSR count). The Hall–Kier alpha value is -2.06. The van der Waals surface area contributed by atoms with E-state index in [4.69, 9.17) is 4.74 Å². The van der Waals surface area contributed by atoms with Gasteiger partial charge in [0.2, 0.25) is 10.0 Å². The fourth-order valence-corrected chi connectivity index (χ4v) is 4.16. The minimum Gasteiger partial charge on any atom is -0.493 e. The van der Waals surface area contributed by atoms with E-state index in [1.54, 1.807) is 6.92 Å². The van der Waals surface area contributed by atoms with E-state index in [1.165, 1.54) is 0 Å². The van der Waals surface area contributed by atoms with Gasteiger partial charge in [0.25, 0.3) is 0 Å². The summed E-state index contributed by atoms with van der Waals surface area (Å²) in [6.07, 6.45) is -3.21. The van der Waals surface area contributed by atoms with Crippen molar-refractivity contribution in [2.75, 3.05) is 6.61 Å². The van der Waals surface area contributed by atoms with Crippen molar-refractivity contribution in [2.24, 2.45) is 0 Å². The highest BCUT2D eigenvalue weighted by Gasteiger charge is 2.30. The maximum atomic E-state index is 12.6. The van der Waals surface area contributed by atoms with Crippen molar-refractivity contribution < 1.29 is 26.3 Å². The summed E-state index contributed by atoms with van der Waals surface area (Å²) >= 11 is 0. The number of halogens is 3. The van der Waals surface area contributed by atoms with Crippen LogP contribution in [0.25, 0.3) is 0 Å². The maximum absolute atomic E-state index is 12.6. The SMILES string of the molecule is CC(Cc1ccc2c(c1)CCO2)NS(=O)(=O)c1ccc(C(F)(F)F)cc1. The zero-order valence-electron chi connectivity index (χ0n) is 14.0. The molecule has 1 unspecified atom stereocenters. The fourth-order valence-electron chi connectivity index (χ4n) is 2.92. The molecule has 0 fully saturated rings. The summed E-state index contributed by atoms with van der Waals surface area (Å²) in [6.45, 7) is 2.36. The molecule has 1 heterocycles. The first-order valence-corrected chi connectivity index (χ1v) is 9.58. The average molecular weight is 385 g/mol. The van der Waals surface area contributed by atoms with Gasteiger partial charge in [-0.3, -0.25) is 0 Å². The van der Waals surface area contributed by atoms with E-state index in [2.05, 4.69) is 4.72 Å². The molecule has 0 aliphatic carbocycles. The molecule has 1 aliphatic rings. The number of fused-ring (bicyclic) bond motifs is 1. The van der Waals surface area contributed by atoms with Gasteiger partial charge in [0.05, 0.1) is 17.1 Å². The molecule has 0 aromatic heterocycles. The summed E-state index contributed by atoms with van der Waals surface area (Å²) in [5.74, 6) is 0.853. The van der Waals surface area contributed by atoms with Crippen LogP contribution in [-0.2, 0) is 29.0 Å². The number of alkyl halides is 3. The molecular weight excluding hydrogens is 367 g/mol. The van der Waals surface area contributed by atoms with Crippen molar-refractivity contribution in [3.63, 3.8) is 0 Å². The van der Waals surface area contributed by atoms with E-state index >= 15 is 0 Å². The normalized spacial score (nSPS) is 15.4. The molecule has 1 atom stereocenters. The minimum atomic E-state index is -4.50. The van der Waals surface area contributed by atoms with Crippen LogP contribution in [0.2, 0.25) is 0 Å². The monoisotopic (exact) mass is 385 g/mol. The second kappa shape index (κ2) is 6.92. The first kappa shape index (κ1) is 18.7. The van der Waals surface area contributed by atoms with Crippen molar-refractivity contribution in [3.8, 4) is 5.75 Å².